The van der Waals surface area contributed by atoms with Crippen molar-refractivity contribution in [2.24, 2.45) is 0 Å². The Morgan fingerprint density at radius 3 is 2.48 bits per heavy atom. The summed E-state index contributed by atoms with van der Waals surface area (Å²) in [5.41, 5.74) is 1.32. The van der Waals surface area contributed by atoms with E-state index in [0.29, 0.717) is 22.7 Å². The van der Waals surface area contributed by atoms with Crippen molar-refractivity contribution in [1.29, 1.82) is 0 Å². The Morgan fingerprint density at radius 2 is 1.79 bits per heavy atom. The Labute approximate surface area is 174 Å². The Balaban J connectivity index is 1.96. The molecule has 0 bridgehead atoms. The number of carbonyl (C=O) groups excluding carboxylic acids is 1. The highest BCUT2D eigenvalue weighted by Gasteiger charge is 2.24. The zero-order chi connectivity index (χ0) is 21.0. The molecular formula is C22H25N3O3S. The number of nitrogens with zero attached hydrogens (tertiary/aromatic N) is 3. The van der Waals surface area contributed by atoms with Gasteiger partial charge in [-0.25, -0.2) is 4.98 Å². The van der Waals surface area contributed by atoms with Gasteiger partial charge >= 0.3 is 0 Å². The lowest BCUT2D eigenvalue weighted by atomic mass is 10.2. The van der Waals surface area contributed by atoms with Crippen LogP contribution in [-0.4, -0.2) is 41.5 Å². The first-order valence-corrected chi connectivity index (χ1v) is 10.3. The van der Waals surface area contributed by atoms with Crippen LogP contribution >= 0.6 is 11.8 Å². The van der Waals surface area contributed by atoms with Crippen LogP contribution < -0.4 is 10.5 Å². The van der Waals surface area contributed by atoms with E-state index in [1.165, 1.54) is 11.8 Å². The number of hydrogen-bond acceptors (Lipinski definition) is 5. The van der Waals surface area contributed by atoms with Gasteiger partial charge in [0.15, 0.2) is 5.16 Å². The number of anilines is 1. The SMILES string of the molecule is COC[C@@H](C)n1c(S[C@H](C)C(=O)N(C)c2ccccc2)nc2ccccc2c1=O. The second kappa shape index (κ2) is 9.24. The summed E-state index contributed by atoms with van der Waals surface area (Å²) in [6, 6.07) is 16.5. The number of para-hydroxylation sites is 2. The number of hydrogen-bond donors (Lipinski definition) is 0. The molecule has 0 aliphatic rings. The van der Waals surface area contributed by atoms with E-state index in [1.54, 1.807) is 29.7 Å². The molecule has 0 N–H and O–H groups in total. The van der Waals surface area contributed by atoms with E-state index in [4.69, 9.17) is 9.72 Å². The van der Waals surface area contributed by atoms with Crippen LogP contribution in [0.2, 0.25) is 0 Å². The minimum Gasteiger partial charge on any atom is -0.383 e. The van der Waals surface area contributed by atoms with Crippen LogP contribution in [0.1, 0.15) is 19.9 Å². The summed E-state index contributed by atoms with van der Waals surface area (Å²) < 4.78 is 6.88. The molecule has 0 radical (unpaired) electrons. The molecule has 7 heteroatoms. The van der Waals surface area contributed by atoms with E-state index in [2.05, 4.69) is 0 Å². The predicted octanol–water partition coefficient (Wildman–Crippen LogP) is 3.75. The lowest BCUT2D eigenvalue weighted by Gasteiger charge is -2.23. The lowest BCUT2D eigenvalue weighted by Crippen LogP contribution is -2.34. The van der Waals surface area contributed by atoms with Gasteiger partial charge in [-0.1, -0.05) is 42.1 Å². The fourth-order valence-electron chi connectivity index (χ4n) is 3.17. The number of amides is 1. The number of fused-ring (bicyclic) bond motifs is 1. The molecule has 0 aliphatic heterocycles. The zero-order valence-corrected chi connectivity index (χ0v) is 17.8. The average Bonchev–Trinajstić information content (AvgIpc) is 2.73. The molecule has 0 spiro atoms. The molecule has 29 heavy (non-hydrogen) atoms. The average molecular weight is 412 g/mol. The van der Waals surface area contributed by atoms with E-state index in [0.717, 1.165) is 5.69 Å². The third-order valence-corrected chi connectivity index (χ3v) is 5.78. The van der Waals surface area contributed by atoms with Gasteiger partial charge in [-0.15, -0.1) is 0 Å². The van der Waals surface area contributed by atoms with E-state index >= 15 is 0 Å². The van der Waals surface area contributed by atoms with Gasteiger partial charge < -0.3 is 9.64 Å². The molecule has 2 aromatic carbocycles. The molecule has 0 saturated heterocycles. The van der Waals surface area contributed by atoms with Crippen molar-refractivity contribution in [3.8, 4) is 0 Å². The van der Waals surface area contributed by atoms with Crippen molar-refractivity contribution in [1.82, 2.24) is 9.55 Å². The van der Waals surface area contributed by atoms with Crippen LogP contribution in [0.15, 0.2) is 64.5 Å². The molecule has 2 atom stereocenters. The fourth-order valence-corrected chi connectivity index (χ4v) is 4.28. The molecular weight excluding hydrogens is 386 g/mol. The number of thioether (sulfide) groups is 1. The molecule has 152 valence electrons. The van der Waals surface area contributed by atoms with Crippen molar-refractivity contribution >= 4 is 34.3 Å². The highest BCUT2D eigenvalue weighted by atomic mass is 32.2. The van der Waals surface area contributed by atoms with E-state index in [-0.39, 0.29) is 17.5 Å². The Kier molecular flexibility index (Phi) is 6.71. The molecule has 1 aromatic heterocycles. The van der Waals surface area contributed by atoms with Crippen molar-refractivity contribution in [3.05, 3.63) is 65.0 Å². The molecule has 0 saturated carbocycles. The molecule has 0 unspecified atom stereocenters. The topological polar surface area (TPSA) is 64.4 Å². The quantitative estimate of drug-likeness (QED) is 0.438. The van der Waals surface area contributed by atoms with Crippen LogP contribution in [0.3, 0.4) is 0 Å². The maximum atomic E-state index is 13.1. The van der Waals surface area contributed by atoms with Crippen molar-refractivity contribution in [2.45, 2.75) is 30.3 Å². The number of aromatic nitrogens is 2. The standard InChI is InChI=1S/C22H25N3O3S/c1-15(14-28-4)25-21(27)18-12-8-9-13-19(18)23-22(25)29-16(2)20(26)24(3)17-10-6-5-7-11-17/h5-13,15-16H,14H2,1-4H3/t15-,16-/m1/s1. The first-order chi connectivity index (χ1) is 13.9. The van der Waals surface area contributed by atoms with E-state index in [9.17, 15) is 9.59 Å². The third-order valence-electron chi connectivity index (χ3n) is 4.73. The highest BCUT2D eigenvalue weighted by Crippen LogP contribution is 2.27. The lowest BCUT2D eigenvalue weighted by molar-refractivity contribution is -0.117. The van der Waals surface area contributed by atoms with Gasteiger partial charge in [0.25, 0.3) is 5.56 Å². The van der Waals surface area contributed by atoms with Gasteiger partial charge in [0.05, 0.1) is 28.8 Å². The summed E-state index contributed by atoms with van der Waals surface area (Å²) >= 11 is 1.29. The Bertz CT molecular complexity index is 1050. The zero-order valence-electron chi connectivity index (χ0n) is 17.0. The second-order valence-corrected chi connectivity index (χ2v) is 8.19. The van der Waals surface area contributed by atoms with Crippen molar-refractivity contribution in [2.75, 3.05) is 25.7 Å². The summed E-state index contributed by atoms with van der Waals surface area (Å²) in [5.74, 6) is -0.0606. The molecule has 6 nitrogen and oxygen atoms in total. The van der Waals surface area contributed by atoms with Gasteiger partial charge in [0.2, 0.25) is 5.91 Å². The smallest absolute Gasteiger partial charge is 0.262 e. The molecule has 3 aromatic rings. The highest BCUT2D eigenvalue weighted by molar-refractivity contribution is 8.00. The van der Waals surface area contributed by atoms with Crippen molar-refractivity contribution in [3.63, 3.8) is 0 Å². The van der Waals surface area contributed by atoms with Crippen LogP contribution in [0.4, 0.5) is 5.69 Å². The van der Waals surface area contributed by atoms with Crippen LogP contribution in [-0.2, 0) is 9.53 Å². The number of methoxy groups -OCH3 is 1. The summed E-state index contributed by atoms with van der Waals surface area (Å²) in [6.07, 6.45) is 0. The van der Waals surface area contributed by atoms with Crippen LogP contribution in [0.25, 0.3) is 10.9 Å². The van der Waals surface area contributed by atoms with E-state index < -0.39 is 5.25 Å². The van der Waals surface area contributed by atoms with Crippen LogP contribution in [0.5, 0.6) is 0 Å². The molecule has 3 rings (SSSR count). The predicted molar refractivity (Wildman–Crippen MR) is 118 cm³/mol. The van der Waals surface area contributed by atoms with Gasteiger partial charge in [0, 0.05) is 19.8 Å². The normalized spacial score (nSPS) is 13.2. The first kappa shape index (κ1) is 21.1. The molecule has 1 heterocycles. The summed E-state index contributed by atoms with van der Waals surface area (Å²) in [5, 5.41) is 0.648. The fraction of sp³-hybridized carbons (Fsp3) is 0.318. The number of benzene rings is 2. The first-order valence-electron chi connectivity index (χ1n) is 9.43. The third kappa shape index (κ3) is 4.52. The van der Waals surface area contributed by atoms with Gasteiger partial charge in [-0.3, -0.25) is 14.2 Å². The van der Waals surface area contributed by atoms with Gasteiger partial charge in [-0.05, 0) is 38.1 Å². The van der Waals surface area contributed by atoms with Crippen LogP contribution in [0, 0.1) is 0 Å². The second-order valence-electron chi connectivity index (χ2n) is 6.88. The summed E-state index contributed by atoms with van der Waals surface area (Å²) in [7, 11) is 3.35. The van der Waals surface area contributed by atoms with E-state index in [1.807, 2.05) is 62.4 Å². The largest absolute Gasteiger partial charge is 0.383 e. The monoisotopic (exact) mass is 411 g/mol. The Hall–Kier alpha value is -2.64. The maximum Gasteiger partial charge on any atom is 0.262 e. The maximum absolute atomic E-state index is 13.1. The molecule has 1 amide bonds. The van der Waals surface area contributed by atoms with Crippen molar-refractivity contribution < 1.29 is 9.53 Å². The molecule has 0 fully saturated rings. The number of rotatable bonds is 7. The molecule has 0 aliphatic carbocycles. The van der Waals surface area contributed by atoms with Gasteiger partial charge in [0.1, 0.15) is 0 Å². The summed E-state index contributed by atoms with van der Waals surface area (Å²) in [6.45, 7) is 4.12. The minimum absolute atomic E-state index is 0.0606. The minimum atomic E-state index is -0.422. The number of ether oxygens (including phenoxy) is 1. The Morgan fingerprint density at radius 1 is 1.14 bits per heavy atom. The number of carbonyl (C=O) groups is 1. The summed E-state index contributed by atoms with van der Waals surface area (Å²) in [4.78, 5) is 32.4. The van der Waals surface area contributed by atoms with Gasteiger partial charge in [-0.2, -0.15) is 0 Å².